The molecule has 1 aromatic rings. The van der Waals surface area contributed by atoms with Crippen LogP contribution in [0, 0.1) is 11.3 Å². The molecule has 5 heteroatoms. The molecule has 1 atom stereocenters. The molecule has 18 heavy (non-hydrogen) atoms. The van der Waals surface area contributed by atoms with Crippen molar-refractivity contribution in [2.24, 2.45) is 0 Å². The summed E-state index contributed by atoms with van der Waals surface area (Å²) < 4.78 is 0.889. The number of halogens is 1. The van der Waals surface area contributed by atoms with Gasteiger partial charge in [0.1, 0.15) is 6.07 Å². The van der Waals surface area contributed by atoms with Crippen LogP contribution >= 0.6 is 15.9 Å². The fourth-order valence-electron chi connectivity index (χ4n) is 2.08. The number of carbonyl (C=O) groups excluding carboxylic acids is 1. The molecule has 1 aromatic carbocycles. The Hall–Kier alpha value is -1.54. The maximum Gasteiger partial charge on any atom is 0.222 e. The lowest BCUT2D eigenvalue weighted by molar-refractivity contribution is -0.132. The topological polar surface area (TPSA) is 56.1 Å². The average Bonchev–Trinajstić information content (AvgIpc) is 2.36. The molecule has 94 valence electrons. The van der Waals surface area contributed by atoms with Crippen LogP contribution in [0.3, 0.4) is 0 Å². The first kappa shape index (κ1) is 12.9. The first-order chi connectivity index (χ1) is 8.60. The zero-order valence-electron chi connectivity index (χ0n) is 10.1. The molecule has 2 rings (SSSR count). The summed E-state index contributed by atoms with van der Waals surface area (Å²) in [4.78, 5) is 13.1. The molecule has 0 radical (unpaired) electrons. The van der Waals surface area contributed by atoms with Crippen molar-refractivity contribution < 1.29 is 4.79 Å². The highest BCUT2D eigenvalue weighted by Gasteiger charge is 2.23. The molecule has 4 nitrogen and oxygen atoms in total. The van der Waals surface area contributed by atoms with Crippen LogP contribution in [0.25, 0.3) is 0 Å². The number of anilines is 1. The Balaban J connectivity index is 2.10. The van der Waals surface area contributed by atoms with Gasteiger partial charge in [-0.1, -0.05) is 15.9 Å². The van der Waals surface area contributed by atoms with E-state index in [1.54, 1.807) is 11.0 Å². The van der Waals surface area contributed by atoms with Gasteiger partial charge in [-0.15, -0.1) is 0 Å². The maximum absolute atomic E-state index is 11.4. The van der Waals surface area contributed by atoms with E-state index in [-0.39, 0.29) is 11.9 Å². The number of hydrogen-bond donors (Lipinski definition) is 1. The minimum absolute atomic E-state index is 0.185. The van der Waals surface area contributed by atoms with E-state index in [9.17, 15) is 4.79 Å². The number of nitrogens with one attached hydrogen (secondary N) is 1. The number of rotatable bonds is 2. The van der Waals surface area contributed by atoms with Crippen molar-refractivity contribution in [3.05, 3.63) is 28.2 Å². The highest BCUT2D eigenvalue weighted by Crippen LogP contribution is 2.23. The van der Waals surface area contributed by atoms with Crippen LogP contribution in [-0.4, -0.2) is 30.4 Å². The summed E-state index contributed by atoms with van der Waals surface area (Å²) in [5, 5.41) is 12.4. The van der Waals surface area contributed by atoms with E-state index in [4.69, 9.17) is 5.26 Å². The zero-order valence-corrected chi connectivity index (χ0v) is 11.7. The standard InChI is InChI=1S/C13H14BrN3O/c1-17-8-11(3-5-13(17)18)16-12-4-2-10(14)6-9(12)7-15/h2,4,6,11,16H,3,5,8H2,1H3/t11-/m0/s1. The number of likely N-dealkylation sites (tertiary alicyclic amines) is 1. The summed E-state index contributed by atoms with van der Waals surface area (Å²) >= 11 is 3.35. The molecule has 1 fully saturated rings. The number of amides is 1. The first-order valence-electron chi connectivity index (χ1n) is 5.80. The number of piperidine rings is 1. The Labute approximate surface area is 115 Å². The molecule has 0 bridgehead atoms. The van der Waals surface area contributed by atoms with E-state index in [0.717, 1.165) is 16.6 Å². The van der Waals surface area contributed by atoms with E-state index in [2.05, 4.69) is 27.3 Å². The molecule has 1 saturated heterocycles. The van der Waals surface area contributed by atoms with Crippen molar-refractivity contribution in [1.82, 2.24) is 4.90 Å². The smallest absolute Gasteiger partial charge is 0.222 e. The normalized spacial score (nSPS) is 19.5. The molecule has 0 aliphatic carbocycles. The van der Waals surface area contributed by atoms with E-state index >= 15 is 0 Å². The molecular weight excluding hydrogens is 294 g/mol. The molecule has 0 aromatic heterocycles. The van der Waals surface area contributed by atoms with Crippen LogP contribution in [0.4, 0.5) is 5.69 Å². The van der Waals surface area contributed by atoms with Gasteiger partial charge < -0.3 is 10.2 Å². The average molecular weight is 308 g/mol. The van der Waals surface area contributed by atoms with Gasteiger partial charge in [-0.2, -0.15) is 5.26 Å². The third-order valence-corrected chi connectivity index (χ3v) is 3.58. The van der Waals surface area contributed by atoms with Crippen LogP contribution in [0.5, 0.6) is 0 Å². The first-order valence-corrected chi connectivity index (χ1v) is 6.59. The van der Waals surface area contributed by atoms with Gasteiger partial charge in [-0.25, -0.2) is 0 Å². The van der Waals surface area contributed by atoms with Crippen LogP contribution in [0.1, 0.15) is 18.4 Å². The van der Waals surface area contributed by atoms with Gasteiger partial charge in [-0.3, -0.25) is 4.79 Å². The van der Waals surface area contributed by atoms with Crippen molar-refractivity contribution in [3.8, 4) is 6.07 Å². The van der Waals surface area contributed by atoms with E-state index < -0.39 is 0 Å². The Morgan fingerprint density at radius 1 is 1.56 bits per heavy atom. The summed E-state index contributed by atoms with van der Waals surface area (Å²) in [5.41, 5.74) is 1.44. The molecule has 1 amide bonds. The molecule has 0 unspecified atom stereocenters. The van der Waals surface area contributed by atoms with E-state index in [1.807, 2.05) is 19.2 Å². The van der Waals surface area contributed by atoms with Crippen LogP contribution < -0.4 is 5.32 Å². The zero-order chi connectivity index (χ0) is 13.1. The molecule has 1 N–H and O–H groups in total. The second-order valence-electron chi connectivity index (χ2n) is 4.46. The number of nitriles is 1. The minimum Gasteiger partial charge on any atom is -0.379 e. The molecular formula is C13H14BrN3O. The summed E-state index contributed by atoms with van der Waals surface area (Å²) in [5.74, 6) is 0.185. The highest BCUT2D eigenvalue weighted by atomic mass is 79.9. The molecule has 1 heterocycles. The minimum atomic E-state index is 0.185. The van der Waals surface area contributed by atoms with Crippen molar-refractivity contribution in [1.29, 1.82) is 5.26 Å². The van der Waals surface area contributed by atoms with Gasteiger partial charge in [0.15, 0.2) is 0 Å². The van der Waals surface area contributed by atoms with Crippen molar-refractivity contribution >= 4 is 27.5 Å². The summed E-state index contributed by atoms with van der Waals surface area (Å²) in [6.07, 6.45) is 1.37. The lowest BCUT2D eigenvalue weighted by Gasteiger charge is -2.31. The lowest BCUT2D eigenvalue weighted by atomic mass is 10.0. The second-order valence-corrected chi connectivity index (χ2v) is 5.37. The summed E-state index contributed by atoms with van der Waals surface area (Å²) in [6, 6.07) is 7.97. The monoisotopic (exact) mass is 307 g/mol. The highest BCUT2D eigenvalue weighted by molar-refractivity contribution is 9.10. The Morgan fingerprint density at radius 2 is 2.33 bits per heavy atom. The van der Waals surface area contributed by atoms with Crippen molar-refractivity contribution in [2.45, 2.75) is 18.9 Å². The van der Waals surface area contributed by atoms with Gasteiger partial charge in [0.05, 0.1) is 11.3 Å². The van der Waals surface area contributed by atoms with Gasteiger partial charge >= 0.3 is 0 Å². The van der Waals surface area contributed by atoms with Gasteiger partial charge in [-0.05, 0) is 24.6 Å². The maximum atomic E-state index is 11.4. The quantitative estimate of drug-likeness (QED) is 0.912. The molecule has 0 saturated carbocycles. The van der Waals surface area contributed by atoms with Gasteiger partial charge in [0.25, 0.3) is 0 Å². The second kappa shape index (κ2) is 5.40. The number of hydrogen-bond acceptors (Lipinski definition) is 3. The third-order valence-electron chi connectivity index (χ3n) is 3.09. The van der Waals surface area contributed by atoms with E-state index in [1.165, 1.54) is 0 Å². The third kappa shape index (κ3) is 2.82. The Bertz CT molecular complexity index is 509. The van der Waals surface area contributed by atoms with Crippen molar-refractivity contribution in [2.75, 3.05) is 18.9 Å². The lowest BCUT2D eigenvalue weighted by Crippen LogP contribution is -2.43. The van der Waals surface area contributed by atoms with Crippen LogP contribution in [-0.2, 0) is 4.79 Å². The number of benzene rings is 1. The Morgan fingerprint density at radius 3 is 3.00 bits per heavy atom. The largest absolute Gasteiger partial charge is 0.379 e. The number of nitrogens with zero attached hydrogens (tertiary/aromatic N) is 2. The summed E-state index contributed by atoms with van der Waals surface area (Å²) in [6.45, 7) is 0.680. The van der Waals surface area contributed by atoms with Gasteiger partial charge in [0, 0.05) is 30.5 Å². The Kier molecular flexibility index (Phi) is 3.87. The van der Waals surface area contributed by atoms with Crippen LogP contribution in [0.2, 0.25) is 0 Å². The predicted molar refractivity (Wildman–Crippen MR) is 73.1 cm³/mol. The summed E-state index contributed by atoms with van der Waals surface area (Å²) in [7, 11) is 1.81. The fourth-order valence-corrected chi connectivity index (χ4v) is 2.45. The van der Waals surface area contributed by atoms with E-state index in [0.29, 0.717) is 18.5 Å². The van der Waals surface area contributed by atoms with Crippen molar-refractivity contribution in [3.63, 3.8) is 0 Å². The van der Waals surface area contributed by atoms with Gasteiger partial charge in [0.2, 0.25) is 5.91 Å². The molecule has 0 spiro atoms. The SMILES string of the molecule is CN1C[C@@H](Nc2ccc(Br)cc2C#N)CCC1=O. The number of carbonyl (C=O) groups is 1. The predicted octanol–water partition coefficient (Wildman–Crippen LogP) is 2.35. The molecule has 1 aliphatic rings. The number of likely N-dealkylation sites (N-methyl/N-ethyl adjacent to an activating group) is 1. The molecule has 1 aliphatic heterocycles. The fraction of sp³-hybridized carbons (Fsp3) is 0.385. The van der Waals surface area contributed by atoms with Crippen LogP contribution in [0.15, 0.2) is 22.7 Å².